The van der Waals surface area contributed by atoms with Crippen molar-refractivity contribution in [3.05, 3.63) is 33.8 Å². The molecule has 0 amide bonds. The van der Waals surface area contributed by atoms with Crippen LogP contribution in [0.25, 0.3) is 0 Å². The Morgan fingerprint density at radius 1 is 1.43 bits per heavy atom. The summed E-state index contributed by atoms with van der Waals surface area (Å²) in [4.78, 5) is 0. The van der Waals surface area contributed by atoms with Crippen LogP contribution in [0, 0.1) is 0 Å². The molecule has 0 N–H and O–H groups in total. The van der Waals surface area contributed by atoms with E-state index < -0.39 is 15.7 Å². The maximum absolute atomic E-state index is 12.3. The van der Waals surface area contributed by atoms with Crippen LogP contribution in [0.5, 0.6) is 0 Å². The molecule has 1 aromatic carbocycles. The molecule has 0 bridgehead atoms. The van der Waals surface area contributed by atoms with Crippen molar-refractivity contribution in [1.82, 2.24) is 0 Å². The highest BCUT2D eigenvalue weighted by atomic mass is 79.9. The van der Waals surface area contributed by atoms with E-state index in [0.717, 1.165) is 0 Å². The van der Waals surface area contributed by atoms with Crippen molar-refractivity contribution in [3.63, 3.8) is 0 Å². The molecular weight excluding hydrogens is 295 g/mol. The fourth-order valence-corrected chi connectivity index (χ4v) is 2.48. The molecule has 1 rings (SSSR count). The van der Waals surface area contributed by atoms with Crippen LogP contribution < -0.4 is 0 Å². The Bertz CT molecular complexity index is 433. The molecule has 1 aromatic rings. The lowest BCUT2D eigenvalue weighted by atomic mass is 10.2. The van der Waals surface area contributed by atoms with Gasteiger partial charge >= 0.3 is 0 Å². The number of hydrogen-bond donors (Lipinski definition) is 0. The van der Waals surface area contributed by atoms with Crippen molar-refractivity contribution in [2.75, 3.05) is 0 Å². The fraction of sp³-hybridized carbons (Fsp3) is 0.250. The monoisotopic (exact) mass is 300 g/mol. The van der Waals surface area contributed by atoms with Crippen LogP contribution in [0.4, 0.5) is 4.39 Å². The number of hydrogen-bond acceptors (Lipinski definition) is 2. The van der Waals surface area contributed by atoms with E-state index >= 15 is 0 Å². The summed E-state index contributed by atoms with van der Waals surface area (Å²) in [5.74, 6) is -0.250. The lowest BCUT2D eigenvalue weighted by Gasteiger charge is -2.02. The number of halogens is 3. The Balaban J connectivity index is 2.98. The minimum atomic E-state index is -3.56. The molecule has 0 aliphatic heterocycles. The second kappa shape index (κ2) is 4.59. The SMILES string of the molecule is O=S(=O)(Cl)Cc1ccc(CF)c(Br)c1. The highest BCUT2D eigenvalue weighted by Crippen LogP contribution is 2.21. The molecule has 0 aliphatic rings. The summed E-state index contributed by atoms with van der Waals surface area (Å²) in [5, 5.41) is 0. The van der Waals surface area contributed by atoms with Crippen molar-refractivity contribution in [3.8, 4) is 0 Å². The van der Waals surface area contributed by atoms with Gasteiger partial charge in [-0.1, -0.05) is 28.1 Å². The topological polar surface area (TPSA) is 34.1 Å². The molecule has 0 spiro atoms. The van der Waals surface area contributed by atoms with E-state index in [1.807, 2.05) is 0 Å². The predicted molar refractivity (Wildman–Crippen MR) is 57.4 cm³/mol. The van der Waals surface area contributed by atoms with Crippen LogP contribution in [-0.4, -0.2) is 8.42 Å². The van der Waals surface area contributed by atoms with Gasteiger partial charge in [-0.05, 0) is 17.2 Å². The van der Waals surface area contributed by atoms with E-state index in [9.17, 15) is 12.8 Å². The van der Waals surface area contributed by atoms with Gasteiger partial charge in [-0.15, -0.1) is 0 Å². The van der Waals surface area contributed by atoms with Gasteiger partial charge in [-0.3, -0.25) is 0 Å². The second-order valence-corrected chi connectivity index (χ2v) is 6.37. The van der Waals surface area contributed by atoms with E-state index in [1.165, 1.54) is 6.07 Å². The summed E-state index contributed by atoms with van der Waals surface area (Å²) in [6.07, 6.45) is 0. The Kier molecular flexibility index (Phi) is 3.92. The first-order valence-electron chi connectivity index (χ1n) is 3.68. The van der Waals surface area contributed by atoms with Gasteiger partial charge in [-0.25, -0.2) is 12.8 Å². The lowest BCUT2D eigenvalue weighted by Crippen LogP contribution is -1.95. The van der Waals surface area contributed by atoms with Crippen LogP contribution in [0.15, 0.2) is 22.7 Å². The quantitative estimate of drug-likeness (QED) is 0.804. The number of alkyl halides is 1. The van der Waals surface area contributed by atoms with Crippen LogP contribution in [0.2, 0.25) is 0 Å². The highest BCUT2D eigenvalue weighted by molar-refractivity contribution is 9.10. The summed E-state index contributed by atoms with van der Waals surface area (Å²) in [6, 6.07) is 4.62. The van der Waals surface area contributed by atoms with Crippen molar-refractivity contribution in [1.29, 1.82) is 0 Å². The maximum Gasteiger partial charge on any atom is 0.236 e. The molecule has 2 nitrogen and oxygen atoms in total. The summed E-state index contributed by atoms with van der Waals surface area (Å²) in [7, 11) is 1.52. The van der Waals surface area contributed by atoms with Crippen LogP contribution >= 0.6 is 26.6 Å². The van der Waals surface area contributed by atoms with Gasteiger partial charge in [0, 0.05) is 15.2 Å². The third kappa shape index (κ3) is 3.55. The smallest absolute Gasteiger partial charge is 0.236 e. The summed E-state index contributed by atoms with van der Waals surface area (Å²) in [5.41, 5.74) is 1.02. The van der Waals surface area contributed by atoms with Crippen LogP contribution in [0.1, 0.15) is 11.1 Å². The van der Waals surface area contributed by atoms with Gasteiger partial charge in [0.2, 0.25) is 9.05 Å². The van der Waals surface area contributed by atoms with Gasteiger partial charge < -0.3 is 0 Å². The van der Waals surface area contributed by atoms with Gasteiger partial charge in [0.15, 0.2) is 0 Å². The summed E-state index contributed by atoms with van der Waals surface area (Å²) in [6.45, 7) is -0.589. The molecule has 0 unspecified atom stereocenters. The first kappa shape index (κ1) is 11.9. The third-order valence-electron chi connectivity index (χ3n) is 1.60. The van der Waals surface area contributed by atoms with E-state index in [4.69, 9.17) is 10.7 Å². The Morgan fingerprint density at radius 2 is 2.07 bits per heavy atom. The summed E-state index contributed by atoms with van der Waals surface area (Å²) >= 11 is 3.14. The van der Waals surface area contributed by atoms with Crippen molar-refractivity contribution < 1.29 is 12.8 Å². The Hall–Kier alpha value is -0.130. The Labute approximate surface area is 94.6 Å². The average Bonchev–Trinajstić information content (AvgIpc) is 2.01. The van der Waals surface area contributed by atoms with E-state index in [2.05, 4.69) is 15.9 Å². The Morgan fingerprint density at radius 3 is 2.50 bits per heavy atom. The van der Waals surface area contributed by atoms with E-state index in [1.54, 1.807) is 12.1 Å². The zero-order valence-corrected chi connectivity index (χ0v) is 10.2. The third-order valence-corrected chi connectivity index (χ3v) is 3.34. The van der Waals surface area contributed by atoms with E-state index in [-0.39, 0.29) is 5.75 Å². The second-order valence-electron chi connectivity index (χ2n) is 2.74. The van der Waals surface area contributed by atoms with Crippen LogP contribution in [0.3, 0.4) is 0 Å². The first-order chi connectivity index (χ1) is 6.42. The molecule has 0 saturated heterocycles. The maximum atomic E-state index is 12.3. The van der Waals surface area contributed by atoms with E-state index in [0.29, 0.717) is 15.6 Å². The normalized spacial score (nSPS) is 11.6. The minimum Gasteiger partial charge on any atom is -0.246 e. The van der Waals surface area contributed by atoms with Crippen molar-refractivity contribution in [2.45, 2.75) is 12.4 Å². The molecule has 0 radical (unpaired) electrons. The molecule has 0 heterocycles. The molecule has 14 heavy (non-hydrogen) atoms. The van der Waals surface area contributed by atoms with Crippen molar-refractivity contribution >= 4 is 35.7 Å². The number of rotatable bonds is 3. The molecule has 0 fully saturated rings. The average molecular weight is 302 g/mol. The molecule has 78 valence electrons. The van der Waals surface area contributed by atoms with Crippen molar-refractivity contribution in [2.24, 2.45) is 0 Å². The van der Waals surface area contributed by atoms with Gasteiger partial charge in [-0.2, -0.15) is 0 Å². The van der Waals surface area contributed by atoms with Crippen LogP contribution in [-0.2, 0) is 21.5 Å². The molecule has 0 atom stereocenters. The molecular formula is C8H7BrClFO2S. The summed E-state index contributed by atoms with van der Waals surface area (Å²) < 4.78 is 34.3. The van der Waals surface area contributed by atoms with Gasteiger partial charge in [0.25, 0.3) is 0 Å². The van der Waals surface area contributed by atoms with Gasteiger partial charge in [0.1, 0.15) is 6.67 Å². The molecule has 6 heteroatoms. The van der Waals surface area contributed by atoms with Gasteiger partial charge in [0.05, 0.1) is 5.75 Å². The predicted octanol–water partition coefficient (Wildman–Crippen LogP) is 2.99. The standard InChI is InChI=1S/C8H7BrClFO2S/c9-8-3-6(5-14(10,12)13)1-2-7(8)4-11/h1-3H,4-5H2. The largest absolute Gasteiger partial charge is 0.246 e. The number of benzene rings is 1. The zero-order chi connectivity index (χ0) is 10.8. The molecule has 0 saturated carbocycles. The first-order valence-corrected chi connectivity index (χ1v) is 6.95. The molecule has 0 aliphatic carbocycles. The zero-order valence-electron chi connectivity index (χ0n) is 7.00. The lowest BCUT2D eigenvalue weighted by molar-refractivity contribution is 0.484. The molecule has 0 aromatic heterocycles. The highest BCUT2D eigenvalue weighted by Gasteiger charge is 2.08. The minimum absolute atomic E-state index is 0.250. The fourth-order valence-electron chi connectivity index (χ4n) is 0.988.